The number of hydrogen-bond donors (Lipinski definition) is 1. The Bertz CT molecular complexity index is 1530. The van der Waals surface area contributed by atoms with Gasteiger partial charge in [0, 0.05) is 17.3 Å². The van der Waals surface area contributed by atoms with E-state index in [0.717, 1.165) is 59.8 Å². The monoisotopic (exact) mass is 573 g/mol. The molecule has 9 heteroatoms. The molecule has 1 amide bonds. The van der Waals surface area contributed by atoms with E-state index in [4.69, 9.17) is 8.47 Å². The van der Waals surface area contributed by atoms with Crippen molar-refractivity contribution in [2.24, 2.45) is 5.92 Å². The van der Waals surface area contributed by atoms with E-state index in [1.807, 2.05) is 36.1 Å². The number of pyridine rings is 1. The smallest absolute Gasteiger partial charge is 0.244 e. The van der Waals surface area contributed by atoms with Gasteiger partial charge in [-0.05, 0) is 109 Å². The maximum Gasteiger partial charge on any atom is 0.244 e. The van der Waals surface area contributed by atoms with Crippen LogP contribution >= 0.6 is 12.3 Å². The zero-order valence-electron chi connectivity index (χ0n) is 22.4. The van der Waals surface area contributed by atoms with Gasteiger partial charge in [0.1, 0.15) is 17.4 Å². The second kappa shape index (κ2) is 12.0. The summed E-state index contributed by atoms with van der Waals surface area (Å²) in [6.07, 6.45) is 2.44. The average Bonchev–Trinajstić information content (AvgIpc) is 3.68. The number of anilines is 1. The van der Waals surface area contributed by atoms with Gasteiger partial charge in [0.05, 0.1) is 18.3 Å². The van der Waals surface area contributed by atoms with Gasteiger partial charge in [0.25, 0.3) is 0 Å². The van der Waals surface area contributed by atoms with Gasteiger partial charge in [-0.1, -0.05) is 24.3 Å². The van der Waals surface area contributed by atoms with Gasteiger partial charge in [-0.3, -0.25) is 9.78 Å². The van der Waals surface area contributed by atoms with Gasteiger partial charge in [0.2, 0.25) is 18.2 Å². The number of halogens is 2. The molecule has 6 rings (SSSR count). The lowest BCUT2D eigenvalue weighted by atomic mass is 10.1. The van der Waals surface area contributed by atoms with E-state index in [1.165, 1.54) is 42.0 Å². The van der Waals surface area contributed by atoms with Crippen molar-refractivity contribution >= 4 is 23.9 Å². The first-order valence-electron chi connectivity index (χ1n) is 13.6. The number of hydroxylamine groups is 1. The van der Waals surface area contributed by atoms with E-state index in [0.29, 0.717) is 12.3 Å². The van der Waals surface area contributed by atoms with Crippen molar-refractivity contribution in [3.63, 3.8) is 0 Å². The number of carbonyl (C=O) groups excluding carboxylic acids is 1. The number of rotatable bonds is 10. The first-order valence-corrected chi connectivity index (χ1v) is 14.2. The Morgan fingerprint density at radius 3 is 2.54 bits per heavy atom. The summed E-state index contributed by atoms with van der Waals surface area (Å²) < 4.78 is 37.5. The van der Waals surface area contributed by atoms with Crippen molar-refractivity contribution in [3.8, 4) is 5.75 Å². The second-order valence-corrected chi connectivity index (χ2v) is 10.9. The summed E-state index contributed by atoms with van der Waals surface area (Å²) in [4.78, 5) is 20.4. The summed E-state index contributed by atoms with van der Waals surface area (Å²) >= 11 is 0.774. The third-order valence-electron chi connectivity index (χ3n) is 7.63. The van der Waals surface area contributed by atoms with Gasteiger partial charge < -0.3 is 9.08 Å². The first-order chi connectivity index (χ1) is 19.9. The Morgan fingerprint density at radius 1 is 1.02 bits per heavy atom. The maximum atomic E-state index is 13.9. The molecule has 1 N–H and O–H groups in total. The van der Waals surface area contributed by atoms with Gasteiger partial charge in [-0.2, -0.15) is 9.76 Å². The molecule has 0 saturated heterocycles. The minimum Gasteiger partial charge on any atom is -0.399 e. The van der Waals surface area contributed by atoms with Crippen LogP contribution in [-0.2, 0) is 22.0 Å². The molecule has 210 valence electrons. The Hall–Kier alpha value is -3.79. The largest absolute Gasteiger partial charge is 0.399 e. The van der Waals surface area contributed by atoms with E-state index in [2.05, 4.69) is 22.6 Å². The summed E-state index contributed by atoms with van der Waals surface area (Å²) in [5.74, 6) is -0.203. The molecule has 3 aromatic carbocycles. The Morgan fingerprint density at radius 2 is 1.78 bits per heavy atom. The summed E-state index contributed by atoms with van der Waals surface area (Å²) in [6.45, 7) is 2.28. The van der Waals surface area contributed by atoms with Crippen molar-refractivity contribution in [3.05, 3.63) is 125 Å². The minimum atomic E-state index is -0.335. The summed E-state index contributed by atoms with van der Waals surface area (Å²) in [6, 6.07) is 24.0. The lowest BCUT2D eigenvalue weighted by Gasteiger charge is -2.24. The van der Waals surface area contributed by atoms with Gasteiger partial charge in [-0.15, -0.1) is 0 Å². The summed E-state index contributed by atoms with van der Waals surface area (Å²) in [7, 11) is 0. The molecule has 2 aliphatic carbocycles. The lowest BCUT2D eigenvalue weighted by molar-refractivity contribution is -0.120. The van der Waals surface area contributed by atoms with Crippen LogP contribution in [0.15, 0.2) is 84.9 Å². The Kier molecular flexibility index (Phi) is 8.00. The van der Waals surface area contributed by atoms with E-state index in [9.17, 15) is 13.6 Å². The Labute approximate surface area is 242 Å². The lowest BCUT2D eigenvalue weighted by Crippen LogP contribution is -2.32. The molecule has 4 aromatic rings. The predicted octanol–water partition coefficient (Wildman–Crippen LogP) is 7.16. The zero-order valence-corrected chi connectivity index (χ0v) is 23.2. The zero-order chi connectivity index (χ0) is 28.3. The molecular weight excluding hydrogens is 544 g/mol. The molecule has 1 heterocycles. The molecule has 2 unspecified atom stereocenters. The van der Waals surface area contributed by atoms with Crippen LogP contribution in [0.3, 0.4) is 0 Å². The van der Waals surface area contributed by atoms with Crippen LogP contribution in [0.2, 0.25) is 0 Å². The van der Waals surface area contributed by atoms with Crippen molar-refractivity contribution in [2.45, 2.75) is 44.7 Å². The predicted molar refractivity (Wildman–Crippen MR) is 154 cm³/mol. The molecule has 0 spiro atoms. The molecular formula is C32H29F2N3O3S. The molecule has 6 nitrogen and oxygen atoms in total. The number of fused-ring (bicyclic) bond motifs is 1. The fraction of sp³-hybridized carbons (Fsp3) is 0.250. The topological polar surface area (TPSA) is 63.7 Å². The number of aryl methyl sites for hydroxylation is 2. The van der Waals surface area contributed by atoms with E-state index >= 15 is 0 Å². The van der Waals surface area contributed by atoms with Crippen LogP contribution in [0.25, 0.3) is 0 Å². The first kappa shape index (κ1) is 27.4. The molecule has 0 aliphatic heterocycles. The number of carbonyl (C=O) groups is 1. The Balaban J connectivity index is 1.18. The normalized spacial score (nSPS) is 19.0. The van der Waals surface area contributed by atoms with Gasteiger partial charge >= 0.3 is 0 Å². The second-order valence-electron chi connectivity index (χ2n) is 10.5. The van der Waals surface area contributed by atoms with Crippen molar-refractivity contribution in [2.75, 3.05) is 4.90 Å². The highest BCUT2D eigenvalue weighted by atomic mass is 32.2. The molecule has 3 atom stereocenters. The molecule has 1 saturated carbocycles. The summed E-state index contributed by atoms with van der Waals surface area (Å²) in [5, 5.41) is 0. The minimum absolute atomic E-state index is 0.0320. The number of amides is 1. The standard InChI is InChI=1S/C32H29F2N3O3S/c1-20-3-2-4-25(35-20)19-37(32(38)30-18-28(30)21-5-9-23(33)10-6-21)26-13-7-22-8-16-31(29(22)17-26)36-40-41-39-27-14-11-24(34)12-15-27/h2-7,9-15,17,28,30-31,36H,8,16,18-19H2,1H3/t28?,30?,31-/m1/s1. The molecule has 41 heavy (non-hydrogen) atoms. The van der Waals surface area contributed by atoms with Crippen molar-refractivity contribution < 1.29 is 22.0 Å². The fourth-order valence-electron chi connectivity index (χ4n) is 5.40. The van der Waals surface area contributed by atoms with Gasteiger partial charge in [0.15, 0.2) is 0 Å². The highest BCUT2D eigenvalue weighted by Crippen LogP contribution is 2.49. The fourth-order valence-corrected chi connectivity index (χ4v) is 5.78. The van der Waals surface area contributed by atoms with Crippen LogP contribution in [0.5, 0.6) is 5.75 Å². The number of nitrogens with zero attached hydrogens (tertiary/aromatic N) is 2. The molecule has 0 radical (unpaired) electrons. The van der Waals surface area contributed by atoms with Crippen molar-refractivity contribution in [1.82, 2.24) is 10.5 Å². The number of benzene rings is 3. The third kappa shape index (κ3) is 6.43. The maximum absolute atomic E-state index is 13.9. The van der Waals surface area contributed by atoms with E-state index in [1.54, 1.807) is 12.1 Å². The number of aromatic nitrogens is 1. The third-order valence-corrected chi connectivity index (χ3v) is 8.05. The van der Waals surface area contributed by atoms with Crippen molar-refractivity contribution in [1.29, 1.82) is 0 Å². The SMILES string of the molecule is Cc1cccc(CN(C(=O)C2CC2c2ccc(F)cc2)c2ccc3c(c2)[C@H](NOSOc2ccc(F)cc2)CC3)n1. The van der Waals surface area contributed by atoms with Crippen LogP contribution < -0.4 is 14.6 Å². The van der Waals surface area contributed by atoms with E-state index < -0.39 is 0 Å². The van der Waals surface area contributed by atoms with Crippen LogP contribution in [-0.4, -0.2) is 10.9 Å². The number of hydrogen-bond acceptors (Lipinski definition) is 6. The van der Waals surface area contributed by atoms with E-state index in [-0.39, 0.29) is 35.4 Å². The average molecular weight is 574 g/mol. The molecule has 1 aromatic heterocycles. The highest BCUT2D eigenvalue weighted by Gasteiger charge is 2.46. The molecule has 1 fully saturated rings. The van der Waals surface area contributed by atoms with Gasteiger partial charge in [-0.25, -0.2) is 8.78 Å². The van der Waals surface area contributed by atoms with Crippen LogP contribution in [0.4, 0.5) is 14.5 Å². The van der Waals surface area contributed by atoms with Crippen LogP contribution in [0.1, 0.15) is 52.9 Å². The highest BCUT2D eigenvalue weighted by molar-refractivity contribution is 7.90. The quantitative estimate of drug-likeness (QED) is 0.123. The number of nitrogens with one attached hydrogen (secondary N) is 1. The van der Waals surface area contributed by atoms with Crippen LogP contribution in [0, 0.1) is 24.5 Å². The molecule has 0 bridgehead atoms. The summed E-state index contributed by atoms with van der Waals surface area (Å²) in [5.41, 5.74) is 8.79. The molecule has 2 aliphatic rings.